The highest BCUT2D eigenvalue weighted by molar-refractivity contribution is 7.92. The highest BCUT2D eigenvalue weighted by Crippen LogP contribution is 2.06. The molecule has 17 heavy (non-hydrogen) atoms. The molecule has 0 bridgehead atoms. The van der Waals surface area contributed by atoms with Gasteiger partial charge in [0.15, 0.2) is 0 Å². The monoisotopic (exact) mass is 254 g/mol. The molecule has 5 heteroatoms. The minimum Gasteiger partial charge on any atom is -0.330 e. The maximum atomic E-state index is 11.8. The van der Waals surface area contributed by atoms with E-state index in [2.05, 4.69) is 0 Å². The average molecular weight is 254 g/mol. The van der Waals surface area contributed by atoms with Crippen molar-refractivity contribution in [2.75, 3.05) is 20.1 Å². The quantitative estimate of drug-likeness (QED) is 0.831. The van der Waals surface area contributed by atoms with Gasteiger partial charge < -0.3 is 5.73 Å². The molecule has 0 heterocycles. The van der Waals surface area contributed by atoms with Crippen molar-refractivity contribution in [3.05, 3.63) is 41.3 Å². The summed E-state index contributed by atoms with van der Waals surface area (Å²) in [5, 5.41) is 1.22. The lowest BCUT2D eigenvalue weighted by Gasteiger charge is -2.13. The number of nitrogens with two attached hydrogens (primary N) is 1. The van der Waals surface area contributed by atoms with Crippen LogP contribution >= 0.6 is 0 Å². The Morgan fingerprint density at radius 1 is 1.29 bits per heavy atom. The van der Waals surface area contributed by atoms with E-state index >= 15 is 0 Å². The molecule has 0 aliphatic carbocycles. The molecule has 0 aliphatic rings. The van der Waals surface area contributed by atoms with E-state index in [9.17, 15) is 8.42 Å². The van der Waals surface area contributed by atoms with Crippen LogP contribution in [0.5, 0.6) is 0 Å². The van der Waals surface area contributed by atoms with Gasteiger partial charge in [-0.25, -0.2) is 12.7 Å². The smallest absolute Gasteiger partial charge is 0.235 e. The van der Waals surface area contributed by atoms with E-state index in [-0.39, 0.29) is 0 Å². The van der Waals surface area contributed by atoms with Crippen molar-refractivity contribution in [1.29, 1.82) is 0 Å². The van der Waals surface area contributed by atoms with Crippen LogP contribution in [0.1, 0.15) is 12.0 Å². The molecule has 0 radical (unpaired) electrons. The van der Waals surface area contributed by atoms with Crippen LogP contribution in [0, 0.1) is 0 Å². The fraction of sp³-hybridized carbons (Fsp3) is 0.333. The van der Waals surface area contributed by atoms with Crippen LogP contribution in [0.25, 0.3) is 6.08 Å². The summed E-state index contributed by atoms with van der Waals surface area (Å²) in [5.74, 6) is 0. The zero-order valence-corrected chi connectivity index (χ0v) is 10.7. The van der Waals surface area contributed by atoms with E-state index in [4.69, 9.17) is 5.73 Å². The Labute approximate surface area is 103 Å². The molecular weight excluding hydrogens is 236 g/mol. The Morgan fingerprint density at radius 3 is 2.53 bits per heavy atom. The van der Waals surface area contributed by atoms with Gasteiger partial charge in [-0.15, -0.1) is 0 Å². The van der Waals surface area contributed by atoms with Gasteiger partial charge in [-0.3, -0.25) is 0 Å². The average Bonchev–Trinajstić information content (AvgIpc) is 2.35. The molecule has 1 rings (SSSR count). The summed E-state index contributed by atoms with van der Waals surface area (Å²) in [6.07, 6.45) is 2.25. The van der Waals surface area contributed by atoms with Crippen molar-refractivity contribution >= 4 is 16.1 Å². The fourth-order valence-electron chi connectivity index (χ4n) is 1.27. The number of hydrogen-bond donors (Lipinski definition) is 1. The number of benzene rings is 1. The zero-order valence-electron chi connectivity index (χ0n) is 9.91. The lowest BCUT2D eigenvalue weighted by atomic mass is 10.2. The SMILES string of the molecule is CN(CCCN)S(=O)(=O)/C=C/c1ccccc1. The van der Waals surface area contributed by atoms with Gasteiger partial charge in [0.1, 0.15) is 0 Å². The largest absolute Gasteiger partial charge is 0.330 e. The van der Waals surface area contributed by atoms with Crippen LogP contribution in [0.15, 0.2) is 35.7 Å². The second-order valence-corrected chi connectivity index (χ2v) is 5.65. The molecule has 0 atom stereocenters. The Kier molecular flexibility index (Phi) is 5.34. The molecule has 1 aromatic carbocycles. The number of nitrogens with zero attached hydrogens (tertiary/aromatic N) is 1. The third-order valence-electron chi connectivity index (χ3n) is 2.34. The molecule has 0 saturated carbocycles. The van der Waals surface area contributed by atoms with Gasteiger partial charge >= 0.3 is 0 Å². The predicted octanol–water partition coefficient (Wildman–Crippen LogP) is 1.27. The number of sulfonamides is 1. The van der Waals surface area contributed by atoms with Crippen molar-refractivity contribution in [1.82, 2.24) is 4.31 Å². The summed E-state index contributed by atoms with van der Waals surface area (Å²) in [6.45, 7) is 0.931. The summed E-state index contributed by atoms with van der Waals surface area (Å²) >= 11 is 0. The second-order valence-electron chi connectivity index (χ2n) is 3.72. The van der Waals surface area contributed by atoms with E-state index in [0.717, 1.165) is 5.56 Å². The molecule has 0 saturated heterocycles. The summed E-state index contributed by atoms with van der Waals surface area (Å²) in [7, 11) is -1.78. The van der Waals surface area contributed by atoms with Gasteiger partial charge in [0, 0.05) is 19.0 Å². The Balaban J connectivity index is 2.69. The van der Waals surface area contributed by atoms with Gasteiger partial charge in [-0.2, -0.15) is 0 Å². The van der Waals surface area contributed by atoms with Crippen LogP contribution in [-0.2, 0) is 10.0 Å². The summed E-state index contributed by atoms with van der Waals surface area (Å²) in [6, 6.07) is 9.33. The topological polar surface area (TPSA) is 63.4 Å². The molecule has 0 spiro atoms. The predicted molar refractivity (Wildman–Crippen MR) is 70.7 cm³/mol. The van der Waals surface area contributed by atoms with Crippen molar-refractivity contribution in [2.45, 2.75) is 6.42 Å². The van der Waals surface area contributed by atoms with Gasteiger partial charge in [0.25, 0.3) is 0 Å². The normalized spacial score (nSPS) is 12.4. The first-order valence-corrected chi connectivity index (χ1v) is 6.96. The maximum Gasteiger partial charge on any atom is 0.235 e. The van der Waals surface area contributed by atoms with E-state index < -0.39 is 10.0 Å². The highest BCUT2D eigenvalue weighted by Gasteiger charge is 2.12. The van der Waals surface area contributed by atoms with E-state index in [1.807, 2.05) is 30.3 Å². The minimum atomic E-state index is -3.33. The highest BCUT2D eigenvalue weighted by atomic mass is 32.2. The molecule has 0 aliphatic heterocycles. The molecule has 2 N–H and O–H groups in total. The molecule has 0 fully saturated rings. The number of hydrogen-bond acceptors (Lipinski definition) is 3. The third-order valence-corrected chi connectivity index (χ3v) is 3.88. The Hall–Kier alpha value is -1.17. The molecule has 94 valence electrons. The first kappa shape index (κ1) is 13.9. The van der Waals surface area contributed by atoms with Crippen molar-refractivity contribution < 1.29 is 8.42 Å². The molecule has 0 aromatic heterocycles. The van der Waals surface area contributed by atoms with Gasteiger partial charge in [0.2, 0.25) is 10.0 Å². The molecule has 4 nitrogen and oxygen atoms in total. The van der Waals surface area contributed by atoms with Crippen LogP contribution in [0.2, 0.25) is 0 Å². The summed E-state index contributed by atoms with van der Waals surface area (Å²) in [4.78, 5) is 0. The van der Waals surface area contributed by atoms with Crippen molar-refractivity contribution in [3.63, 3.8) is 0 Å². The van der Waals surface area contributed by atoms with E-state index in [1.54, 1.807) is 13.1 Å². The Bertz CT molecular complexity index is 455. The van der Waals surface area contributed by atoms with Crippen LogP contribution < -0.4 is 5.73 Å². The molecule has 1 aromatic rings. The van der Waals surface area contributed by atoms with Crippen LogP contribution in [0.4, 0.5) is 0 Å². The first-order valence-electron chi connectivity index (χ1n) is 5.46. The third kappa shape index (κ3) is 4.68. The van der Waals surface area contributed by atoms with Gasteiger partial charge in [-0.1, -0.05) is 30.3 Å². The lowest BCUT2D eigenvalue weighted by Crippen LogP contribution is -2.27. The second kappa shape index (κ2) is 6.54. The van der Waals surface area contributed by atoms with Crippen LogP contribution in [0.3, 0.4) is 0 Å². The molecule has 0 amide bonds. The summed E-state index contributed by atoms with van der Waals surface area (Å²) < 4.78 is 24.9. The van der Waals surface area contributed by atoms with Crippen LogP contribution in [-0.4, -0.2) is 32.9 Å². The lowest BCUT2D eigenvalue weighted by molar-refractivity contribution is 0.471. The van der Waals surface area contributed by atoms with Gasteiger partial charge in [0.05, 0.1) is 0 Å². The number of rotatable bonds is 6. The standard InChI is InChI=1S/C12H18N2O2S/c1-14(10-5-9-13)17(15,16)11-8-12-6-3-2-4-7-12/h2-4,6-8,11H,5,9-10,13H2,1H3/b11-8+. The first-order chi connectivity index (χ1) is 8.06. The van der Waals surface area contributed by atoms with Crippen molar-refractivity contribution in [2.24, 2.45) is 5.73 Å². The zero-order chi connectivity index (χ0) is 12.7. The molecular formula is C12H18N2O2S. The van der Waals surface area contributed by atoms with Crippen molar-refractivity contribution in [3.8, 4) is 0 Å². The van der Waals surface area contributed by atoms with E-state index in [0.29, 0.717) is 19.5 Å². The fourth-order valence-corrected chi connectivity index (χ4v) is 2.19. The minimum absolute atomic E-state index is 0.442. The van der Waals surface area contributed by atoms with Gasteiger partial charge in [-0.05, 0) is 24.6 Å². The van der Waals surface area contributed by atoms with E-state index in [1.165, 1.54) is 9.71 Å². The summed E-state index contributed by atoms with van der Waals surface area (Å²) in [5.41, 5.74) is 6.21. The maximum absolute atomic E-state index is 11.8. The molecule has 0 unspecified atom stereocenters. The Morgan fingerprint density at radius 2 is 1.94 bits per heavy atom.